The van der Waals surface area contributed by atoms with Crippen LogP contribution in [-0.4, -0.2) is 48.5 Å². The van der Waals surface area contributed by atoms with Gasteiger partial charge in [0.1, 0.15) is 5.75 Å². The normalized spacial score (nSPS) is 18.6. The summed E-state index contributed by atoms with van der Waals surface area (Å²) in [6, 6.07) is 6.25. The molecule has 0 amide bonds. The summed E-state index contributed by atoms with van der Waals surface area (Å²) in [7, 11) is -0.345. The highest BCUT2D eigenvalue weighted by Gasteiger charge is 2.39. The Bertz CT molecular complexity index is 1010. The van der Waals surface area contributed by atoms with Crippen molar-refractivity contribution in [1.82, 2.24) is 9.78 Å². The number of rotatable bonds is 8. The molecule has 1 N–H and O–H groups in total. The van der Waals surface area contributed by atoms with Gasteiger partial charge in [-0.1, -0.05) is 26.7 Å². The summed E-state index contributed by atoms with van der Waals surface area (Å²) in [5, 5.41) is 16.4. The Hall–Kier alpha value is -1.61. The maximum atomic E-state index is 10.3. The molecule has 6 nitrogen and oxygen atoms in total. The number of benzene rings is 1. The molecule has 1 unspecified atom stereocenters. The van der Waals surface area contributed by atoms with Crippen LogP contribution in [0.5, 0.6) is 5.75 Å². The van der Waals surface area contributed by atoms with Gasteiger partial charge in [-0.05, 0) is 89.4 Å². The summed E-state index contributed by atoms with van der Waals surface area (Å²) in [6.45, 7) is 19.2. The predicted octanol–water partition coefficient (Wildman–Crippen LogP) is 6.28. The van der Waals surface area contributed by atoms with Crippen LogP contribution < -0.4 is 4.43 Å². The minimum absolute atomic E-state index is 0.0556. The van der Waals surface area contributed by atoms with Crippen molar-refractivity contribution in [2.45, 2.75) is 103 Å². The number of hydrogen-bond acceptors (Lipinski definition) is 5. The minimum Gasteiger partial charge on any atom is -0.543 e. The molecular weight excluding hydrogens is 443 g/mol. The van der Waals surface area contributed by atoms with Crippen LogP contribution in [0.2, 0.25) is 18.1 Å². The SMILES string of the molecule is CC(C)(O)C(C)(C)O[B]/C=C/c1nn(C2CCCCO2)c2ccc(O[Si](C)(C)C(C)(C)C)cc12. The van der Waals surface area contributed by atoms with Gasteiger partial charge in [-0.15, -0.1) is 0 Å². The number of ether oxygens (including phenoxy) is 1. The molecule has 1 atom stereocenters. The maximum Gasteiger partial charge on any atom is 0.323 e. The van der Waals surface area contributed by atoms with Gasteiger partial charge < -0.3 is 18.9 Å². The average molecular weight is 486 g/mol. The topological polar surface area (TPSA) is 65.7 Å². The first kappa shape index (κ1) is 27.0. The lowest BCUT2D eigenvalue weighted by Crippen LogP contribution is -2.47. The van der Waals surface area contributed by atoms with E-state index in [1.165, 1.54) is 0 Å². The summed E-state index contributed by atoms with van der Waals surface area (Å²) in [5.74, 6) is 2.71. The Labute approximate surface area is 207 Å². The van der Waals surface area contributed by atoms with Gasteiger partial charge in [0.2, 0.25) is 8.32 Å². The highest BCUT2D eigenvalue weighted by Crippen LogP contribution is 2.38. The molecule has 0 saturated carbocycles. The highest BCUT2D eigenvalue weighted by atomic mass is 28.4. The molecule has 1 aromatic carbocycles. The van der Waals surface area contributed by atoms with Crippen LogP contribution in [0.25, 0.3) is 17.0 Å². The van der Waals surface area contributed by atoms with Crippen molar-refractivity contribution >= 4 is 32.8 Å². The van der Waals surface area contributed by atoms with Crippen LogP contribution in [0.3, 0.4) is 0 Å². The van der Waals surface area contributed by atoms with Gasteiger partial charge in [-0.25, -0.2) is 4.68 Å². The third kappa shape index (κ3) is 5.96. The van der Waals surface area contributed by atoms with Crippen LogP contribution in [0.4, 0.5) is 0 Å². The molecule has 1 aromatic heterocycles. The van der Waals surface area contributed by atoms with Gasteiger partial charge in [-0.3, -0.25) is 0 Å². The second-order valence-electron chi connectivity index (χ2n) is 11.9. The van der Waals surface area contributed by atoms with Crippen molar-refractivity contribution < 1.29 is 18.9 Å². The number of hydrogen-bond donors (Lipinski definition) is 1. The number of fused-ring (bicyclic) bond motifs is 1. The van der Waals surface area contributed by atoms with Gasteiger partial charge in [0, 0.05) is 12.0 Å². The standard InChI is InChI=1S/C26H42BN2O4Si/c1-24(2,3)34(8,9)32-19-13-14-22-20(18-19)21(28-29(22)23-12-10-11-17-31-23)15-16-27-33-26(6,7)25(4,5)30/h13-16,18,23,30H,10-12,17H2,1-9H3/b16-15+. The lowest BCUT2D eigenvalue weighted by molar-refractivity contribution is -0.0894. The van der Waals surface area contributed by atoms with E-state index >= 15 is 0 Å². The van der Waals surface area contributed by atoms with Gasteiger partial charge in [0.15, 0.2) is 6.23 Å². The van der Waals surface area contributed by atoms with Gasteiger partial charge in [-0.2, -0.15) is 5.10 Å². The molecule has 187 valence electrons. The predicted molar refractivity (Wildman–Crippen MR) is 143 cm³/mol. The first-order valence-corrected chi connectivity index (χ1v) is 15.3. The fraction of sp³-hybridized carbons (Fsp3) is 0.654. The summed E-state index contributed by atoms with van der Waals surface area (Å²) in [6.07, 6.45) is 5.07. The molecule has 8 heteroatoms. The Balaban J connectivity index is 1.93. The maximum absolute atomic E-state index is 10.3. The molecule has 0 bridgehead atoms. The highest BCUT2D eigenvalue weighted by molar-refractivity contribution is 6.74. The third-order valence-electron chi connectivity index (χ3n) is 7.48. The van der Waals surface area contributed by atoms with Crippen LogP contribution in [0, 0.1) is 0 Å². The molecule has 3 rings (SSSR count). The molecule has 34 heavy (non-hydrogen) atoms. The van der Waals surface area contributed by atoms with Gasteiger partial charge in [0.05, 0.1) is 22.4 Å². The van der Waals surface area contributed by atoms with E-state index in [0.29, 0.717) is 0 Å². The minimum atomic E-state index is -1.97. The van der Waals surface area contributed by atoms with E-state index in [2.05, 4.69) is 52.1 Å². The lowest BCUT2D eigenvalue weighted by Gasteiger charge is -2.37. The molecule has 0 spiro atoms. The van der Waals surface area contributed by atoms with Crippen molar-refractivity contribution in [2.24, 2.45) is 0 Å². The second-order valence-corrected chi connectivity index (χ2v) is 16.6. The van der Waals surface area contributed by atoms with Gasteiger partial charge >= 0.3 is 7.48 Å². The Morgan fingerprint density at radius 3 is 2.44 bits per heavy atom. The van der Waals surface area contributed by atoms with E-state index < -0.39 is 19.5 Å². The van der Waals surface area contributed by atoms with E-state index in [9.17, 15) is 5.11 Å². The molecule has 2 heterocycles. The van der Waals surface area contributed by atoms with Crippen molar-refractivity contribution in [3.05, 3.63) is 29.9 Å². The Morgan fingerprint density at radius 1 is 1.15 bits per heavy atom. The van der Waals surface area contributed by atoms with Crippen molar-refractivity contribution in [2.75, 3.05) is 6.61 Å². The van der Waals surface area contributed by atoms with E-state index in [4.69, 9.17) is 18.9 Å². The zero-order valence-corrected chi connectivity index (χ0v) is 23.4. The summed E-state index contributed by atoms with van der Waals surface area (Å²) in [5.41, 5.74) is 0.177. The molecular formula is C26H42BN2O4Si. The lowest BCUT2D eigenvalue weighted by atomic mass is 9.86. The smallest absolute Gasteiger partial charge is 0.323 e. The molecule has 1 saturated heterocycles. The molecule has 1 aliphatic heterocycles. The average Bonchev–Trinajstić information content (AvgIpc) is 3.08. The third-order valence-corrected chi connectivity index (χ3v) is 11.8. The van der Waals surface area contributed by atoms with E-state index in [1.807, 2.05) is 30.6 Å². The van der Waals surface area contributed by atoms with Crippen LogP contribution in [0.1, 0.15) is 79.7 Å². The van der Waals surface area contributed by atoms with E-state index in [0.717, 1.165) is 48.2 Å². The fourth-order valence-corrected chi connectivity index (χ4v) is 4.42. The van der Waals surface area contributed by atoms with Gasteiger partial charge in [0.25, 0.3) is 0 Å². The molecule has 2 aromatic rings. The largest absolute Gasteiger partial charge is 0.543 e. The number of nitrogens with zero attached hydrogens (tertiary/aromatic N) is 2. The monoisotopic (exact) mass is 485 g/mol. The zero-order chi connectivity index (χ0) is 25.4. The number of aromatic nitrogens is 2. The molecule has 1 fully saturated rings. The first-order chi connectivity index (χ1) is 15.6. The quantitative estimate of drug-likeness (QED) is 0.446. The Kier molecular flexibility index (Phi) is 7.78. The molecule has 1 aliphatic rings. The fourth-order valence-electron chi connectivity index (χ4n) is 3.40. The number of aliphatic hydroxyl groups is 1. The van der Waals surface area contributed by atoms with Crippen molar-refractivity contribution in [1.29, 1.82) is 0 Å². The summed E-state index contributed by atoms with van der Waals surface area (Å²) >= 11 is 0. The second kappa shape index (κ2) is 9.80. The Morgan fingerprint density at radius 2 is 1.85 bits per heavy atom. The van der Waals surface area contributed by atoms with Crippen LogP contribution in [-0.2, 0) is 9.39 Å². The van der Waals surface area contributed by atoms with Crippen molar-refractivity contribution in [3.8, 4) is 5.75 Å². The van der Waals surface area contributed by atoms with E-state index in [-0.39, 0.29) is 11.3 Å². The van der Waals surface area contributed by atoms with Crippen molar-refractivity contribution in [3.63, 3.8) is 0 Å². The molecule has 0 aliphatic carbocycles. The van der Waals surface area contributed by atoms with Crippen LogP contribution >= 0.6 is 0 Å². The molecule has 1 radical (unpaired) electrons. The van der Waals surface area contributed by atoms with Crippen LogP contribution in [0.15, 0.2) is 24.2 Å². The zero-order valence-electron chi connectivity index (χ0n) is 22.4. The summed E-state index contributed by atoms with van der Waals surface area (Å²) < 4.78 is 20.5. The first-order valence-electron chi connectivity index (χ1n) is 12.4. The van der Waals surface area contributed by atoms with E-state index in [1.54, 1.807) is 21.3 Å². The summed E-state index contributed by atoms with van der Waals surface area (Å²) in [4.78, 5) is 0.